The molecule has 0 saturated carbocycles. The number of piperidine rings is 2. The Morgan fingerprint density at radius 1 is 1.04 bits per heavy atom. The predicted octanol–water partition coefficient (Wildman–Crippen LogP) is 2.58. The highest BCUT2D eigenvalue weighted by Gasteiger charge is 2.38. The van der Waals surface area contributed by atoms with E-state index in [9.17, 15) is 8.42 Å². The molecule has 0 bridgehead atoms. The Bertz CT molecular complexity index is 671. The van der Waals surface area contributed by atoms with Crippen molar-refractivity contribution in [1.29, 1.82) is 0 Å². The third-order valence-corrected chi connectivity index (χ3v) is 7.34. The predicted molar refractivity (Wildman–Crippen MR) is 96.8 cm³/mol. The van der Waals surface area contributed by atoms with Gasteiger partial charge in [0.1, 0.15) is 5.75 Å². The van der Waals surface area contributed by atoms with Crippen LogP contribution in [0.4, 0.5) is 0 Å². The second-order valence-electron chi connectivity index (χ2n) is 6.74. The van der Waals surface area contributed by atoms with Gasteiger partial charge in [0.15, 0.2) is 0 Å². The Hall–Kier alpha value is -1.15. The summed E-state index contributed by atoms with van der Waals surface area (Å²) in [6.07, 6.45) is 4.48. The van der Waals surface area contributed by atoms with E-state index in [1.165, 1.54) is 0 Å². The summed E-state index contributed by atoms with van der Waals surface area (Å²) in [5.41, 5.74) is 1.01. The highest BCUT2D eigenvalue weighted by atomic mass is 32.2. The molecule has 1 atom stereocenters. The van der Waals surface area contributed by atoms with Crippen LogP contribution in [-0.4, -0.2) is 57.0 Å². The number of hydrogen-bond donors (Lipinski definition) is 0. The molecule has 2 heterocycles. The first-order valence-corrected chi connectivity index (χ1v) is 10.4. The molecule has 2 saturated heterocycles. The van der Waals surface area contributed by atoms with E-state index in [0.29, 0.717) is 19.6 Å². The van der Waals surface area contributed by atoms with E-state index in [-0.39, 0.29) is 12.1 Å². The Balaban J connectivity index is 1.82. The fourth-order valence-corrected chi connectivity index (χ4v) is 5.69. The van der Waals surface area contributed by atoms with Crippen molar-refractivity contribution >= 4 is 10.2 Å². The summed E-state index contributed by atoms with van der Waals surface area (Å²) in [6, 6.07) is 7.65. The van der Waals surface area contributed by atoms with Crippen LogP contribution in [0.15, 0.2) is 24.3 Å². The van der Waals surface area contributed by atoms with Gasteiger partial charge in [-0.1, -0.05) is 18.6 Å². The first-order chi connectivity index (χ1) is 12.1. The lowest BCUT2D eigenvalue weighted by Crippen LogP contribution is -2.50. The SMILES string of the molecule is COc1cccc([C@H]2CCCCN2S(=O)(=O)N2CCC(OC)CC2)c1. The summed E-state index contributed by atoms with van der Waals surface area (Å²) >= 11 is 0. The maximum absolute atomic E-state index is 13.3. The molecular formula is C18H28N2O4S. The first-order valence-electron chi connectivity index (χ1n) is 9.00. The van der Waals surface area contributed by atoms with Crippen molar-refractivity contribution < 1.29 is 17.9 Å². The molecule has 0 radical (unpaired) electrons. The minimum absolute atomic E-state index is 0.117. The van der Waals surface area contributed by atoms with Crippen molar-refractivity contribution in [3.05, 3.63) is 29.8 Å². The Kier molecular flexibility index (Phi) is 5.99. The van der Waals surface area contributed by atoms with Gasteiger partial charge in [-0.05, 0) is 43.4 Å². The Morgan fingerprint density at radius 3 is 2.48 bits per heavy atom. The van der Waals surface area contributed by atoms with E-state index in [4.69, 9.17) is 9.47 Å². The molecule has 2 aliphatic heterocycles. The van der Waals surface area contributed by atoms with Crippen LogP contribution in [-0.2, 0) is 14.9 Å². The second kappa shape index (κ2) is 8.03. The van der Waals surface area contributed by atoms with Gasteiger partial charge in [-0.25, -0.2) is 0 Å². The molecule has 7 heteroatoms. The van der Waals surface area contributed by atoms with Crippen LogP contribution in [0.1, 0.15) is 43.7 Å². The summed E-state index contributed by atoms with van der Waals surface area (Å²) < 4.78 is 40.5. The van der Waals surface area contributed by atoms with Crippen LogP contribution in [0.5, 0.6) is 5.75 Å². The van der Waals surface area contributed by atoms with Crippen LogP contribution in [0.2, 0.25) is 0 Å². The fraction of sp³-hybridized carbons (Fsp3) is 0.667. The molecule has 1 aromatic rings. The lowest BCUT2D eigenvalue weighted by Gasteiger charge is -2.40. The Labute approximate surface area is 150 Å². The minimum Gasteiger partial charge on any atom is -0.497 e. The van der Waals surface area contributed by atoms with E-state index in [1.54, 1.807) is 22.8 Å². The van der Waals surface area contributed by atoms with Crippen LogP contribution >= 0.6 is 0 Å². The molecule has 0 unspecified atom stereocenters. The summed E-state index contributed by atoms with van der Waals surface area (Å²) in [5, 5.41) is 0. The average Bonchev–Trinajstić information content (AvgIpc) is 2.68. The van der Waals surface area contributed by atoms with Crippen molar-refractivity contribution in [2.75, 3.05) is 33.9 Å². The highest BCUT2D eigenvalue weighted by molar-refractivity contribution is 7.86. The topological polar surface area (TPSA) is 59.1 Å². The van der Waals surface area contributed by atoms with E-state index in [2.05, 4.69) is 0 Å². The van der Waals surface area contributed by atoms with Gasteiger partial charge in [0.2, 0.25) is 0 Å². The van der Waals surface area contributed by atoms with Crippen molar-refractivity contribution in [1.82, 2.24) is 8.61 Å². The van der Waals surface area contributed by atoms with Crippen LogP contribution in [0.25, 0.3) is 0 Å². The van der Waals surface area contributed by atoms with Gasteiger partial charge < -0.3 is 9.47 Å². The molecule has 0 spiro atoms. The molecule has 0 aromatic heterocycles. The summed E-state index contributed by atoms with van der Waals surface area (Å²) in [4.78, 5) is 0. The van der Waals surface area contributed by atoms with Gasteiger partial charge in [0.25, 0.3) is 10.2 Å². The van der Waals surface area contributed by atoms with Crippen molar-refractivity contribution in [3.8, 4) is 5.75 Å². The Morgan fingerprint density at radius 2 is 1.80 bits per heavy atom. The molecule has 25 heavy (non-hydrogen) atoms. The molecule has 6 nitrogen and oxygen atoms in total. The third-order valence-electron chi connectivity index (χ3n) is 5.29. The number of ether oxygens (including phenoxy) is 2. The molecule has 1 aromatic carbocycles. The molecule has 140 valence electrons. The fourth-order valence-electron chi connectivity index (χ4n) is 3.81. The van der Waals surface area contributed by atoms with Crippen molar-refractivity contribution in [2.24, 2.45) is 0 Å². The van der Waals surface area contributed by atoms with E-state index < -0.39 is 10.2 Å². The normalized spacial score (nSPS) is 24.3. The van der Waals surface area contributed by atoms with Crippen molar-refractivity contribution in [3.63, 3.8) is 0 Å². The van der Waals surface area contributed by atoms with Gasteiger partial charge >= 0.3 is 0 Å². The number of nitrogens with zero attached hydrogens (tertiary/aromatic N) is 2. The molecular weight excluding hydrogens is 340 g/mol. The molecule has 0 aliphatic carbocycles. The van der Waals surface area contributed by atoms with Gasteiger partial charge in [-0.3, -0.25) is 0 Å². The maximum Gasteiger partial charge on any atom is 0.282 e. The van der Waals surface area contributed by atoms with Gasteiger partial charge in [-0.15, -0.1) is 0 Å². The quantitative estimate of drug-likeness (QED) is 0.801. The second-order valence-corrected chi connectivity index (χ2v) is 8.62. The van der Waals surface area contributed by atoms with Gasteiger partial charge in [-0.2, -0.15) is 17.0 Å². The standard InChI is InChI=1S/C18H28N2O4S/c1-23-16-9-12-19(13-10-16)25(21,22)20-11-4-3-8-18(20)15-6-5-7-17(14-15)24-2/h5-7,14,16,18H,3-4,8-13H2,1-2H3/t18-/m1/s1. The van der Waals surface area contributed by atoms with Crippen LogP contribution in [0, 0.1) is 0 Å². The van der Waals surface area contributed by atoms with Crippen LogP contribution in [0.3, 0.4) is 0 Å². The lowest BCUT2D eigenvalue weighted by molar-refractivity contribution is 0.0582. The van der Waals surface area contributed by atoms with E-state index >= 15 is 0 Å². The third kappa shape index (κ3) is 4.00. The van der Waals surface area contributed by atoms with Gasteiger partial charge in [0.05, 0.1) is 19.3 Å². The number of benzene rings is 1. The zero-order valence-electron chi connectivity index (χ0n) is 15.1. The molecule has 2 fully saturated rings. The number of rotatable bonds is 5. The average molecular weight is 368 g/mol. The summed E-state index contributed by atoms with van der Waals surface area (Å²) in [7, 11) is -0.137. The number of methoxy groups -OCH3 is 2. The highest BCUT2D eigenvalue weighted by Crippen LogP contribution is 2.36. The first kappa shape index (κ1) is 18.6. The maximum atomic E-state index is 13.3. The zero-order valence-corrected chi connectivity index (χ0v) is 15.9. The monoisotopic (exact) mass is 368 g/mol. The molecule has 0 N–H and O–H groups in total. The molecule has 2 aliphatic rings. The van der Waals surface area contributed by atoms with E-state index in [0.717, 1.165) is 43.4 Å². The minimum atomic E-state index is -3.46. The van der Waals surface area contributed by atoms with Gasteiger partial charge in [0, 0.05) is 26.7 Å². The molecule has 0 amide bonds. The van der Waals surface area contributed by atoms with Crippen LogP contribution < -0.4 is 4.74 Å². The lowest BCUT2D eigenvalue weighted by atomic mass is 9.97. The molecule has 3 rings (SSSR count). The zero-order chi connectivity index (χ0) is 17.9. The summed E-state index contributed by atoms with van der Waals surface area (Å²) in [5.74, 6) is 0.765. The number of hydrogen-bond acceptors (Lipinski definition) is 4. The summed E-state index contributed by atoms with van der Waals surface area (Å²) in [6.45, 7) is 1.64. The van der Waals surface area contributed by atoms with E-state index in [1.807, 2.05) is 24.3 Å². The van der Waals surface area contributed by atoms with Crippen molar-refractivity contribution in [2.45, 2.75) is 44.2 Å². The largest absolute Gasteiger partial charge is 0.497 e. The smallest absolute Gasteiger partial charge is 0.282 e.